The molecule has 3 rings (SSSR count). The average Bonchev–Trinajstić information content (AvgIpc) is 3.12. The van der Waals surface area contributed by atoms with E-state index in [1.54, 1.807) is 18.5 Å². The number of H-pyrrole nitrogens is 1. The Balaban J connectivity index is 1.73. The zero-order chi connectivity index (χ0) is 14.8. The molecular formula is C15H17ClN4O. The van der Waals surface area contributed by atoms with Gasteiger partial charge in [-0.2, -0.15) is 0 Å². The summed E-state index contributed by atoms with van der Waals surface area (Å²) in [4.78, 5) is 21.6. The number of halogens is 1. The number of hydrogen-bond donors (Lipinski definition) is 2. The number of urea groups is 1. The van der Waals surface area contributed by atoms with Crippen molar-refractivity contribution in [3.63, 3.8) is 0 Å². The van der Waals surface area contributed by atoms with E-state index in [-0.39, 0.29) is 12.1 Å². The van der Waals surface area contributed by atoms with Gasteiger partial charge in [-0.15, -0.1) is 0 Å². The van der Waals surface area contributed by atoms with E-state index in [9.17, 15) is 4.79 Å². The minimum atomic E-state index is -0.117. The Hall–Kier alpha value is -2.01. The summed E-state index contributed by atoms with van der Waals surface area (Å²) >= 11 is 6.09. The Labute approximate surface area is 128 Å². The molecule has 1 aromatic heterocycles. The second kappa shape index (κ2) is 5.77. The van der Waals surface area contributed by atoms with E-state index >= 15 is 0 Å². The molecule has 6 heteroatoms. The number of carbonyl (C=O) groups excluding carboxylic acids is 1. The monoisotopic (exact) mass is 304 g/mol. The molecule has 1 aliphatic rings. The number of aromatic amines is 1. The molecule has 1 fully saturated rings. The van der Waals surface area contributed by atoms with Gasteiger partial charge in [0.05, 0.1) is 6.04 Å². The lowest BCUT2D eigenvalue weighted by atomic mass is 10.2. The van der Waals surface area contributed by atoms with Gasteiger partial charge in [0, 0.05) is 29.6 Å². The third kappa shape index (κ3) is 2.88. The molecule has 1 atom stereocenters. The molecule has 0 aliphatic carbocycles. The molecule has 110 valence electrons. The van der Waals surface area contributed by atoms with E-state index in [4.69, 9.17) is 11.6 Å². The zero-order valence-corrected chi connectivity index (χ0v) is 12.5. The Morgan fingerprint density at radius 3 is 3.10 bits per heavy atom. The maximum atomic E-state index is 12.4. The molecule has 2 amide bonds. The average molecular weight is 305 g/mol. The molecule has 0 unspecified atom stereocenters. The number of hydrogen-bond acceptors (Lipinski definition) is 2. The van der Waals surface area contributed by atoms with Crippen molar-refractivity contribution in [2.75, 3.05) is 11.9 Å². The van der Waals surface area contributed by atoms with Gasteiger partial charge in [-0.25, -0.2) is 9.78 Å². The summed E-state index contributed by atoms with van der Waals surface area (Å²) in [7, 11) is 0. The SMILES string of the molecule is Cc1ccc(NC(=O)N2CCC[C@@H]2c2ncc[nH]2)cc1Cl. The topological polar surface area (TPSA) is 61.0 Å². The van der Waals surface area contributed by atoms with Gasteiger partial charge < -0.3 is 15.2 Å². The van der Waals surface area contributed by atoms with Crippen molar-refractivity contribution < 1.29 is 4.79 Å². The van der Waals surface area contributed by atoms with Crippen LogP contribution in [0.3, 0.4) is 0 Å². The smallest absolute Gasteiger partial charge is 0.322 e. The van der Waals surface area contributed by atoms with Gasteiger partial charge >= 0.3 is 6.03 Å². The molecule has 21 heavy (non-hydrogen) atoms. The van der Waals surface area contributed by atoms with Gasteiger partial charge in [-0.05, 0) is 37.5 Å². The van der Waals surface area contributed by atoms with Gasteiger partial charge in [0.2, 0.25) is 0 Å². The summed E-state index contributed by atoms with van der Waals surface area (Å²) in [6.07, 6.45) is 5.40. The van der Waals surface area contributed by atoms with E-state index < -0.39 is 0 Å². The highest BCUT2D eigenvalue weighted by atomic mass is 35.5. The predicted molar refractivity (Wildman–Crippen MR) is 82.5 cm³/mol. The van der Waals surface area contributed by atoms with Crippen molar-refractivity contribution in [3.05, 3.63) is 47.0 Å². The van der Waals surface area contributed by atoms with Crippen LogP contribution in [0.5, 0.6) is 0 Å². The molecule has 1 saturated heterocycles. The van der Waals surface area contributed by atoms with E-state index in [1.807, 2.05) is 24.0 Å². The highest BCUT2D eigenvalue weighted by Crippen LogP contribution is 2.30. The fourth-order valence-electron chi connectivity index (χ4n) is 2.62. The quantitative estimate of drug-likeness (QED) is 0.888. The number of likely N-dealkylation sites (tertiary alicyclic amines) is 1. The molecule has 0 bridgehead atoms. The minimum Gasteiger partial charge on any atom is -0.347 e. The summed E-state index contributed by atoms with van der Waals surface area (Å²) in [6.45, 7) is 2.66. The number of amides is 2. The number of nitrogens with one attached hydrogen (secondary N) is 2. The molecule has 0 spiro atoms. The van der Waals surface area contributed by atoms with Crippen LogP contribution in [0.15, 0.2) is 30.6 Å². The van der Waals surface area contributed by atoms with Gasteiger partial charge in [0.25, 0.3) is 0 Å². The summed E-state index contributed by atoms with van der Waals surface area (Å²) in [5.74, 6) is 0.838. The fraction of sp³-hybridized carbons (Fsp3) is 0.333. The van der Waals surface area contributed by atoms with Crippen molar-refractivity contribution in [2.45, 2.75) is 25.8 Å². The van der Waals surface area contributed by atoms with Crippen LogP contribution in [0.25, 0.3) is 0 Å². The number of aryl methyl sites for hydroxylation is 1. The lowest BCUT2D eigenvalue weighted by Gasteiger charge is -2.23. The molecule has 0 saturated carbocycles. The van der Waals surface area contributed by atoms with Crippen LogP contribution in [0, 0.1) is 6.92 Å². The Morgan fingerprint density at radius 1 is 1.52 bits per heavy atom. The minimum absolute atomic E-state index is 0.0147. The zero-order valence-electron chi connectivity index (χ0n) is 11.8. The first-order valence-electron chi connectivity index (χ1n) is 6.98. The third-order valence-corrected chi connectivity index (χ3v) is 4.18. The number of rotatable bonds is 2. The van der Waals surface area contributed by atoms with E-state index in [2.05, 4.69) is 15.3 Å². The largest absolute Gasteiger partial charge is 0.347 e. The Bertz CT molecular complexity index is 641. The van der Waals surface area contributed by atoms with Gasteiger partial charge in [-0.3, -0.25) is 0 Å². The predicted octanol–water partition coefficient (Wildman–Crippen LogP) is 3.74. The van der Waals surface area contributed by atoms with Crippen LogP contribution in [0.1, 0.15) is 30.3 Å². The van der Waals surface area contributed by atoms with E-state index in [1.165, 1.54) is 0 Å². The van der Waals surface area contributed by atoms with Crippen molar-refractivity contribution in [1.29, 1.82) is 0 Å². The first-order chi connectivity index (χ1) is 10.1. The van der Waals surface area contributed by atoms with Crippen LogP contribution >= 0.6 is 11.6 Å². The van der Waals surface area contributed by atoms with Crippen LogP contribution in [-0.4, -0.2) is 27.4 Å². The van der Waals surface area contributed by atoms with Crippen LogP contribution in [0.4, 0.5) is 10.5 Å². The Morgan fingerprint density at radius 2 is 2.38 bits per heavy atom. The third-order valence-electron chi connectivity index (χ3n) is 3.77. The number of benzene rings is 1. The standard InChI is InChI=1S/C15H17ClN4O/c1-10-4-5-11(9-12(10)16)19-15(21)20-8-2-3-13(20)14-17-6-7-18-14/h4-7,9,13H,2-3,8H2,1H3,(H,17,18)(H,19,21)/t13-/m1/s1. The second-order valence-electron chi connectivity index (χ2n) is 5.22. The summed E-state index contributed by atoms with van der Waals surface area (Å²) in [5, 5.41) is 3.55. The number of carbonyl (C=O) groups is 1. The summed E-state index contributed by atoms with van der Waals surface area (Å²) in [5.41, 5.74) is 1.70. The normalized spacial score (nSPS) is 18.0. The second-order valence-corrected chi connectivity index (χ2v) is 5.63. The van der Waals surface area contributed by atoms with Gasteiger partial charge in [0.15, 0.2) is 0 Å². The lowest BCUT2D eigenvalue weighted by Crippen LogP contribution is -2.34. The molecule has 1 aromatic carbocycles. The van der Waals surface area contributed by atoms with E-state index in [0.717, 1.165) is 30.8 Å². The first-order valence-corrected chi connectivity index (χ1v) is 7.36. The molecule has 2 N–H and O–H groups in total. The van der Waals surface area contributed by atoms with Crippen molar-refractivity contribution in [1.82, 2.24) is 14.9 Å². The summed E-state index contributed by atoms with van der Waals surface area (Å²) < 4.78 is 0. The van der Waals surface area contributed by atoms with Crippen molar-refractivity contribution in [2.24, 2.45) is 0 Å². The highest BCUT2D eigenvalue weighted by molar-refractivity contribution is 6.31. The maximum absolute atomic E-state index is 12.4. The number of imidazole rings is 1. The molecular weight excluding hydrogens is 288 g/mol. The van der Waals surface area contributed by atoms with Crippen LogP contribution < -0.4 is 5.32 Å². The van der Waals surface area contributed by atoms with Crippen LogP contribution in [0.2, 0.25) is 5.02 Å². The molecule has 2 aromatic rings. The van der Waals surface area contributed by atoms with Crippen LogP contribution in [-0.2, 0) is 0 Å². The van der Waals surface area contributed by atoms with Gasteiger partial charge in [-0.1, -0.05) is 17.7 Å². The molecule has 2 heterocycles. The number of aromatic nitrogens is 2. The van der Waals surface area contributed by atoms with Gasteiger partial charge in [0.1, 0.15) is 5.82 Å². The van der Waals surface area contributed by atoms with Crippen molar-refractivity contribution in [3.8, 4) is 0 Å². The molecule has 5 nitrogen and oxygen atoms in total. The molecule has 0 radical (unpaired) electrons. The lowest BCUT2D eigenvalue weighted by molar-refractivity contribution is 0.205. The molecule has 1 aliphatic heterocycles. The van der Waals surface area contributed by atoms with E-state index in [0.29, 0.717) is 10.7 Å². The summed E-state index contributed by atoms with van der Waals surface area (Å²) in [6, 6.07) is 5.42. The number of nitrogens with zero attached hydrogens (tertiary/aromatic N) is 2. The fourth-order valence-corrected chi connectivity index (χ4v) is 2.80. The van der Waals surface area contributed by atoms with Crippen molar-refractivity contribution >= 4 is 23.3 Å². The Kier molecular flexibility index (Phi) is 3.84. The maximum Gasteiger partial charge on any atom is 0.322 e. The highest BCUT2D eigenvalue weighted by Gasteiger charge is 2.31. The number of anilines is 1. The first kappa shape index (κ1) is 13.9.